The molecule has 1 saturated heterocycles. The highest BCUT2D eigenvalue weighted by molar-refractivity contribution is 7.93. The number of hydrogen-bond acceptors (Lipinski definition) is 6. The van der Waals surface area contributed by atoms with Crippen LogP contribution >= 0.6 is 11.3 Å². The van der Waals surface area contributed by atoms with Crippen molar-refractivity contribution in [2.24, 2.45) is 0 Å². The highest BCUT2D eigenvalue weighted by Gasteiger charge is 2.33. The third-order valence-electron chi connectivity index (χ3n) is 3.26. The monoisotopic (exact) mass is 313 g/mol. The molecule has 5 nitrogen and oxygen atoms in total. The molecule has 1 fully saturated rings. The maximum Gasteiger partial charge on any atom is 0.210 e. The van der Waals surface area contributed by atoms with Gasteiger partial charge in [0.2, 0.25) is 14.2 Å². The second-order valence-corrected chi connectivity index (χ2v) is 8.16. The minimum Gasteiger partial charge on any atom is -0.348 e. The number of benzene rings is 1. The minimum atomic E-state index is -3.40. The van der Waals surface area contributed by atoms with Crippen LogP contribution in [0.4, 0.5) is 0 Å². The first-order valence-electron chi connectivity index (χ1n) is 6.35. The van der Waals surface area contributed by atoms with Crippen molar-refractivity contribution < 1.29 is 17.9 Å². The van der Waals surface area contributed by atoms with Gasteiger partial charge < -0.3 is 9.47 Å². The van der Waals surface area contributed by atoms with E-state index in [-0.39, 0.29) is 10.1 Å². The molecule has 1 aliphatic heterocycles. The topological polar surface area (TPSA) is 65.5 Å². The number of ether oxygens (including phenoxy) is 2. The number of fused-ring (bicyclic) bond motifs is 1. The first kappa shape index (κ1) is 13.9. The molecule has 0 spiro atoms. The maximum absolute atomic E-state index is 12.3. The van der Waals surface area contributed by atoms with Gasteiger partial charge in [-0.3, -0.25) is 0 Å². The van der Waals surface area contributed by atoms with E-state index in [0.717, 1.165) is 10.2 Å². The SMILES string of the molecule is CC1(CCS(=O)(=O)c2nc3ccccc3s2)OCCO1. The van der Waals surface area contributed by atoms with Gasteiger partial charge in [-0.1, -0.05) is 12.1 Å². The predicted molar refractivity (Wildman–Crippen MR) is 76.6 cm³/mol. The van der Waals surface area contributed by atoms with Crippen LogP contribution in [0, 0.1) is 0 Å². The summed E-state index contributed by atoms with van der Waals surface area (Å²) in [7, 11) is -3.40. The maximum atomic E-state index is 12.3. The van der Waals surface area contributed by atoms with E-state index < -0.39 is 15.6 Å². The number of para-hydroxylation sites is 1. The summed E-state index contributed by atoms with van der Waals surface area (Å²) in [5, 5.41) is 0. The van der Waals surface area contributed by atoms with Gasteiger partial charge in [-0.15, -0.1) is 11.3 Å². The fourth-order valence-corrected chi connectivity index (χ4v) is 4.87. The van der Waals surface area contributed by atoms with Crippen LogP contribution in [0.3, 0.4) is 0 Å². The van der Waals surface area contributed by atoms with Gasteiger partial charge in [0, 0.05) is 6.42 Å². The lowest BCUT2D eigenvalue weighted by Crippen LogP contribution is -2.28. The molecule has 1 aromatic carbocycles. The zero-order chi connectivity index (χ0) is 14.2. The molecule has 0 saturated carbocycles. The van der Waals surface area contributed by atoms with Gasteiger partial charge in [0.15, 0.2) is 5.79 Å². The second-order valence-electron chi connectivity index (χ2n) is 4.85. The van der Waals surface area contributed by atoms with Gasteiger partial charge in [-0.05, 0) is 19.1 Å². The Kier molecular flexibility index (Phi) is 3.53. The van der Waals surface area contributed by atoms with E-state index >= 15 is 0 Å². The number of thiazole rings is 1. The van der Waals surface area contributed by atoms with Crippen molar-refractivity contribution in [1.29, 1.82) is 0 Å². The van der Waals surface area contributed by atoms with Gasteiger partial charge in [0.25, 0.3) is 0 Å². The lowest BCUT2D eigenvalue weighted by Gasteiger charge is -2.21. The fourth-order valence-electron chi connectivity index (χ4n) is 2.09. The zero-order valence-corrected chi connectivity index (χ0v) is 12.7. The molecular formula is C13H15NO4S2. The molecule has 108 valence electrons. The average molecular weight is 313 g/mol. The number of sulfone groups is 1. The lowest BCUT2D eigenvalue weighted by atomic mass is 10.2. The van der Waals surface area contributed by atoms with Crippen molar-refractivity contribution in [3.05, 3.63) is 24.3 Å². The van der Waals surface area contributed by atoms with E-state index in [4.69, 9.17) is 9.47 Å². The third-order valence-corrected chi connectivity index (χ3v) is 6.47. The Bertz CT molecular complexity index is 684. The summed E-state index contributed by atoms with van der Waals surface area (Å²) in [6.07, 6.45) is 0.311. The summed E-state index contributed by atoms with van der Waals surface area (Å²) in [6.45, 7) is 2.79. The van der Waals surface area contributed by atoms with Crippen molar-refractivity contribution in [2.45, 2.75) is 23.5 Å². The summed E-state index contributed by atoms with van der Waals surface area (Å²) in [5.74, 6) is -0.812. The highest BCUT2D eigenvalue weighted by Crippen LogP contribution is 2.29. The molecule has 0 amide bonds. The van der Waals surface area contributed by atoms with Crippen molar-refractivity contribution in [3.8, 4) is 0 Å². The van der Waals surface area contributed by atoms with Crippen LogP contribution in [-0.2, 0) is 19.3 Å². The molecule has 20 heavy (non-hydrogen) atoms. The van der Waals surface area contributed by atoms with E-state index in [2.05, 4.69) is 4.98 Å². The number of rotatable bonds is 4. The molecule has 7 heteroatoms. The van der Waals surface area contributed by atoms with Crippen molar-refractivity contribution in [1.82, 2.24) is 4.98 Å². The number of nitrogens with zero attached hydrogens (tertiary/aromatic N) is 1. The molecule has 1 aliphatic rings. The molecule has 3 rings (SSSR count). The third kappa shape index (κ3) is 2.71. The quantitative estimate of drug-likeness (QED) is 0.866. The number of aromatic nitrogens is 1. The van der Waals surface area contributed by atoms with E-state index in [1.807, 2.05) is 24.3 Å². The second kappa shape index (κ2) is 5.07. The van der Waals surface area contributed by atoms with Crippen LogP contribution in [-0.4, -0.2) is 38.2 Å². The largest absolute Gasteiger partial charge is 0.348 e. The van der Waals surface area contributed by atoms with Crippen LogP contribution in [0.1, 0.15) is 13.3 Å². The van der Waals surface area contributed by atoms with Gasteiger partial charge in [0.1, 0.15) is 0 Å². The predicted octanol–water partition coefficient (Wildman–Crippen LogP) is 2.22. The number of hydrogen-bond donors (Lipinski definition) is 0. The summed E-state index contributed by atoms with van der Waals surface area (Å²) in [5.41, 5.74) is 0.718. The molecule has 0 aliphatic carbocycles. The zero-order valence-electron chi connectivity index (χ0n) is 11.0. The van der Waals surface area contributed by atoms with E-state index in [1.54, 1.807) is 6.92 Å². The standard InChI is InChI=1S/C13H15NO4S2/c1-13(17-7-8-18-13)6-9-20(15,16)12-14-10-4-2-3-5-11(10)19-12/h2-5H,6-9H2,1H3. The molecule has 0 bridgehead atoms. The summed E-state index contributed by atoms with van der Waals surface area (Å²) in [4.78, 5) is 4.20. The van der Waals surface area contributed by atoms with E-state index in [0.29, 0.717) is 19.6 Å². The van der Waals surface area contributed by atoms with Gasteiger partial charge in [0.05, 0.1) is 29.2 Å². The van der Waals surface area contributed by atoms with Crippen LogP contribution in [0.2, 0.25) is 0 Å². The molecular weight excluding hydrogens is 298 g/mol. The Balaban J connectivity index is 1.80. The first-order chi connectivity index (χ1) is 9.49. The molecule has 0 N–H and O–H groups in total. The lowest BCUT2D eigenvalue weighted by molar-refractivity contribution is -0.142. The molecule has 0 radical (unpaired) electrons. The molecule has 0 atom stereocenters. The van der Waals surface area contributed by atoms with Gasteiger partial charge in [-0.25, -0.2) is 13.4 Å². The summed E-state index contributed by atoms with van der Waals surface area (Å²) in [6, 6.07) is 7.41. The minimum absolute atomic E-state index is 0.0245. The van der Waals surface area contributed by atoms with Crippen LogP contribution in [0.25, 0.3) is 10.2 Å². The van der Waals surface area contributed by atoms with Crippen molar-refractivity contribution in [2.75, 3.05) is 19.0 Å². The van der Waals surface area contributed by atoms with Crippen molar-refractivity contribution >= 4 is 31.4 Å². The Morgan fingerprint density at radius 2 is 2.00 bits per heavy atom. The Morgan fingerprint density at radius 1 is 1.30 bits per heavy atom. The van der Waals surface area contributed by atoms with Gasteiger partial charge in [-0.2, -0.15) is 0 Å². The Hall–Kier alpha value is -1.02. The van der Waals surface area contributed by atoms with Crippen LogP contribution in [0.5, 0.6) is 0 Å². The van der Waals surface area contributed by atoms with Crippen molar-refractivity contribution in [3.63, 3.8) is 0 Å². The van der Waals surface area contributed by atoms with E-state index in [9.17, 15) is 8.42 Å². The smallest absolute Gasteiger partial charge is 0.210 e. The Labute approximate surface area is 121 Å². The molecule has 0 unspecified atom stereocenters. The average Bonchev–Trinajstić information content (AvgIpc) is 3.03. The normalized spacial score (nSPS) is 18.6. The first-order valence-corrected chi connectivity index (χ1v) is 8.82. The fraction of sp³-hybridized carbons (Fsp3) is 0.462. The van der Waals surface area contributed by atoms with Crippen LogP contribution in [0.15, 0.2) is 28.6 Å². The molecule has 2 aromatic rings. The summed E-state index contributed by atoms with van der Waals surface area (Å²) >= 11 is 1.20. The van der Waals surface area contributed by atoms with Crippen LogP contribution < -0.4 is 0 Å². The summed E-state index contributed by atoms with van der Waals surface area (Å²) < 4.78 is 36.6. The van der Waals surface area contributed by atoms with Gasteiger partial charge >= 0.3 is 0 Å². The highest BCUT2D eigenvalue weighted by atomic mass is 32.2. The Morgan fingerprint density at radius 3 is 2.70 bits per heavy atom. The van der Waals surface area contributed by atoms with E-state index in [1.165, 1.54) is 11.3 Å². The molecule has 2 heterocycles. The molecule has 1 aromatic heterocycles.